The summed E-state index contributed by atoms with van der Waals surface area (Å²) in [6, 6.07) is 13.8. The van der Waals surface area contributed by atoms with Crippen molar-refractivity contribution in [3.8, 4) is 11.3 Å². The minimum Gasteiger partial charge on any atom is -0.437 e. The highest BCUT2D eigenvalue weighted by atomic mass is 16.3. The molecule has 3 nitrogen and oxygen atoms in total. The maximum atomic E-state index is 8.22. The number of fused-ring (bicyclic) bond motifs is 3. The summed E-state index contributed by atoms with van der Waals surface area (Å²) in [6.45, 7) is 3.75. The van der Waals surface area contributed by atoms with Gasteiger partial charge in [0.05, 0.1) is 5.69 Å². The smallest absolute Gasteiger partial charge is 0.227 e. The molecule has 0 aliphatic rings. The van der Waals surface area contributed by atoms with Gasteiger partial charge in [0.1, 0.15) is 5.58 Å². The lowest BCUT2D eigenvalue weighted by atomic mass is 10.0. The van der Waals surface area contributed by atoms with Crippen LogP contribution < -0.4 is 0 Å². The molecule has 0 saturated carbocycles. The van der Waals surface area contributed by atoms with Crippen LogP contribution in [0.3, 0.4) is 0 Å². The van der Waals surface area contributed by atoms with Crippen LogP contribution in [0.5, 0.6) is 0 Å². The summed E-state index contributed by atoms with van der Waals surface area (Å²) in [6.07, 6.45) is 3.48. The van der Waals surface area contributed by atoms with Crippen LogP contribution in [0.1, 0.15) is 26.7 Å². The van der Waals surface area contributed by atoms with E-state index in [0.29, 0.717) is 5.71 Å². The van der Waals surface area contributed by atoms with Crippen molar-refractivity contribution in [3.63, 3.8) is 0 Å². The Hall–Kier alpha value is -2.68. The first-order chi connectivity index (χ1) is 11.0. The fraction of sp³-hybridized carbons (Fsp3) is 0.158. The monoisotopic (exact) mass is 289 g/mol. The van der Waals surface area contributed by atoms with Crippen LogP contribution in [0, 0.1) is 0 Å². The van der Waals surface area contributed by atoms with E-state index in [4.69, 9.17) is 5.79 Å². The second-order valence-electron chi connectivity index (χ2n) is 5.57. The third-order valence-electron chi connectivity index (χ3n) is 3.89. The van der Waals surface area contributed by atoms with E-state index in [2.05, 4.69) is 9.97 Å². The number of nitrogens with zero attached hydrogens (tertiary/aromatic N) is 2. The molecule has 4 aromatic rings. The first kappa shape index (κ1) is 11.9. The van der Waals surface area contributed by atoms with E-state index in [9.17, 15) is 0 Å². The molecular formula is C19H16N2O. The van der Waals surface area contributed by atoms with Gasteiger partial charge in [0.2, 0.25) is 5.71 Å². The summed E-state index contributed by atoms with van der Waals surface area (Å²) in [7, 11) is 0. The fourth-order valence-electron chi connectivity index (χ4n) is 2.72. The molecule has 0 aliphatic carbocycles. The summed E-state index contributed by atoms with van der Waals surface area (Å²) in [4.78, 5) is 8.77. The summed E-state index contributed by atoms with van der Waals surface area (Å²) < 4.78 is 14.2. The van der Waals surface area contributed by atoms with Crippen LogP contribution >= 0.6 is 0 Å². The van der Waals surface area contributed by atoms with Gasteiger partial charge in [-0.15, -0.1) is 0 Å². The third-order valence-corrected chi connectivity index (χ3v) is 3.89. The molecule has 22 heavy (non-hydrogen) atoms. The Bertz CT molecular complexity index is 1010. The largest absolute Gasteiger partial charge is 0.437 e. The Morgan fingerprint density at radius 1 is 1.00 bits per heavy atom. The van der Waals surface area contributed by atoms with Crippen molar-refractivity contribution in [2.24, 2.45) is 0 Å². The quantitative estimate of drug-likeness (QED) is 0.511. The zero-order valence-electron chi connectivity index (χ0n) is 13.5. The van der Waals surface area contributed by atoms with E-state index < -0.39 is 5.89 Å². The molecule has 0 saturated heterocycles. The van der Waals surface area contributed by atoms with Gasteiger partial charge in [-0.3, -0.25) is 4.98 Å². The summed E-state index contributed by atoms with van der Waals surface area (Å²) in [5.41, 5.74) is 4.08. The molecule has 0 fully saturated rings. The molecule has 0 aliphatic heterocycles. The second kappa shape index (κ2) is 4.95. The van der Waals surface area contributed by atoms with Crippen molar-refractivity contribution in [2.45, 2.75) is 19.7 Å². The summed E-state index contributed by atoms with van der Waals surface area (Å²) >= 11 is 0. The lowest BCUT2D eigenvalue weighted by molar-refractivity contribution is 0.655. The molecule has 0 spiro atoms. The Balaban J connectivity index is 1.99. The molecule has 0 unspecified atom stereocenters. The lowest BCUT2D eigenvalue weighted by Crippen LogP contribution is -1.90. The Morgan fingerprint density at radius 3 is 2.73 bits per heavy atom. The van der Waals surface area contributed by atoms with Gasteiger partial charge >= 0.3 is 0 Å². The first-order valence-electron chi connectivity index (χ1n) is 7.77. The molecule has 0 N–H and O–H groups in total. The van der Waals surface area contributed by atoms with Crippen LogP contribution in [0.15, 0.2) is 59.3 Å². The van der Waals surface area contributed by atoms with Gasteiger partial charge in [-0.05, 0) is 41.8 Å². The maximum Gasteiger partial charge on any atom is 0.227 e. The van der Waals surface area contributed by atoms with Gasteiger partial charge in [-0.25, -0.2) is 4.98 Å². The van der Waals surface area contributed by atoms with Crippen LogP contribution in [-0.2, 0) is 0 Å². The van der Waals surface area contributed by atoms with E-state index in [-0.39, 0.29) is 0 Å². The van der Waals surface area contributed by atoms with Crippen LogP contribution in [0.2, 0.25) is 0 Å². The normalized spacial score (nSPS) is 12.7. The van der Waals surface area contributed by atoms with Gasteiger partial charge in [0, 0.05) is 30.1 Å². The van der Waals surface area contributed by atoms with Crippen LogP contribution in [0.4, 0.5) is 0 Å². The highest BCUT2D eigenvalue weighted by molar-refractivity contribution is 6.08. The van der Waals surface area contributed by atoms with Crippen molar-refractivity contribution < 1.29 is 5.79 Å². The summed E-state index contributed by atoms with van der Waals surface area (Å²) in [5.74, 6) is -0.666. The fourth-order valence-corrected chi connectivity index (χ4v) is 2.72. The molecule has 3 heteroatoms. The number of para-hydroxylation sites is 1. The minimum absolute atomic E-state index is 0.631. The highest BCUT2D eigenvalue weighted by Crippen LogP contribution is 2.34. The summed E-state index contributed by atoms with van der Waals surface area (Å²) in [5, 5.41) is 2.03. The SMILES string of the molecule is [2H]C(C)(C)c1ccnc(-c2cccc3c2oc2ncccc23)c1. The van der Waals surface area contributed by atoms with E-state index in [1.807, 2.05) is 56.3 Å². The van der Waals surface area contributed by atoms with Crippen molar-refractivity contribution in [2.75, 3.05) is 0 Å². The molecule has 4 rings (SSSR count). The molecule has 3 aromatic heterocycles. The molecule has 0 bridgehead atoms. The van der Waals surface area contributed by atoms with Crippen molar-refractivity contribution in [1.82, 2.24) is 9.97 Å². The molecular weight excluding hydrogens is 272 g/mol. The third kappa shape index (κ3) is 1.98. The number of pyridine rings is 2. The maximum absolute atomic E-state index is 8.22. The van der Waals surface area contributed by atoms with Crippen molar-refractivity contribution in [3.05, 3.63) is 60.4 Å². The second-order valence-corrected chi connectivity index (χ2v) is 5.57. The van der Waals surface area contributed by atoms with Crippen LogP contribution in [-0.4, -0.2) is 9.97 Å². The van der Waals surface area contributed by atoms with Gasteiger partial charge in [0.15, 0.2) is 0 Å². The standard InChI is InChI=1S/C19H16N2O/c1-12(2)13-8-10-20-17(11-13)16-6-3-5-14-15-7-4-9-21-19(15)22-18(14)16/h3-12H,1-2H3/i12D. The van der Waals surface area contributed by atoms with Gasteiger partial charge < -0.3 is 4.42 Å². The van der Waals surface area contributed by atoms with E-state index in [1.165, 1.54) is 0 Å². The number of aromatic nitrogens is 2. The van der Waals surface area contributed by atoms with Crippen molar-refractivity contribution >= 4 is 22.1 Å². The first-order valence-corrected chi connectivity index (χ1v) is 7.27. The average Bonchev–Trinajstić information content (AvgIpc) is 2.93. The minimum atomic E-state index is -0.666. The molecule has 0 amide bonds. The number of hydrogen-bond donors (Lipinski definition) is 0. The molecule has 3 heterocycles. The van der Waals surface area contributed by atoms with Crippen LogP contribution in [0.25, 0.3) is 33.3 Å². The topological polar surface area (TPSA) is 38.9 Å². The highest BCUT2D eigenvalue weighted by Gasteiger charge is 2.13. The zero-order valence-corrected chi connectivity index (χ0v) is 12.5. The Kier molecular flexibility index (Phi) is 2.68. The van der Waals surface area contributed by atoms with E-state index >= 15 is 0 Å². The van der Waals surface area contributed by atoms with Gasteiger partial charge in [-0.2, -0.15) is 0 Å². The van der Waals surface area contributed by atoms with Gasteiger partial charge in [-0.1, -0.05) is 26.0 Å². The number of hydrogen-bond acceptors (Lipinski definition) is 3. The predicted molar refractivity (Wildman–Crippen MR) is 88.8 cm³/mol. The van der Waals surface area contributed by atoms with E-state index in [1.54, 1.807) is 12.4 Å². The molecule has 0 atom stereocenters. The number of furan rings is 1. The van der Waals surface area contributed by atoms with Gasteiger partial charge in [0.25, 0.3) is 0 Å². The molecule has 0 radical (unpaired) electrons. The lowest BCUT2D eigenvalue weighted by Gasteiger charge is -2.07. The zero-order chi connectivity index (χ0) is 16.0. The molecule has 108 valence electrons. The number of benzene rings is 1. The average molecular weight is 289 g/mol. The Labute approximate surface area is 130 Å². The number of rotatable bonds is 2. The predicted octanol–water partition coefficient (Wildman–Crippen LogP) is 5.17. The molecule has 1 aromatic carbocycles. The Morgan fingerprint density at radius 2 is 1.86 bits per heavy atom. The van der Waals surface area contributed by atoms with Crippen molar-refractivity contribution in [1.29, 1.82) is 0 Å². The van der Waals surface area contributed by atoms with E-state index in [0.717, 1.165) is 33.2 Å².